The van der Waals surface area contributed by atoms with Crippen molar-refractivity contribution in [3.63, 3.8) is 0 Å². The topological polar surface area (TPSA) is 115 Å². The molecule has 2 rings (SSSR count). The van der Waals surface area contributed by atoms with Crippen LogP contribution >= 0.6 is 0 Å². The lowest BCUT2D eigenvalue weighted by molar-refractivity contribution is 0.0686. The van der Waals surface area contributed by atoms with Crippen molar-refractivity contribution in [3.8, 4) is 0 Å². The largest absolute Gasteiger partial charge is 0.478 e. The van der Waals surface area contributed by atoms with Crippen molar-refractivity contribution < 1.29 is 30.0 Å². The third-order valence-electron chi connectivity index (χ3n) is 2.72. The number of aromatic carboxylic acids is 2. The molecule has 0 bridgehead atoms. The monoisotopic (exact) mass is 348 g/mol. The first kappa shape index (κ1) is 22.3. The van der Waals surface area contributed by atoms with Crippen LogP contribution in [0, 0.1) is 0 Å². The summed E-state index contributed by atoms with van der Waals surface area (Å²) in [5, 5.41) is 33.9. The van der Waals surface area contributed by atoms with Gasteiger partial charge in [0.25, 0.3) is 0 Å². The van der Waals surface area contributed by atoms with Gasteiger partial charge in [0.2, 0.25) is 0 Å². The Balaban J connectivity index is 0.000000350. The van der Waals surface area contributed by atoms with E-state index >= 15 is 0 Å². The Hall–Kier alpha value is -2.70. The Morgan fingerprint density at radius 3 is 1.12 bits per heavy atom. The van der Waals surface area contributed by atoms with Crippen LogP contribution in [0.5, 0.6) is 0 Å². The second-order valence-corrected chi connectivity index (χ2v) is 5.28. The summed E-state index contributed by atoms with van der Waals surface area (Å²) in [6.45, 7) is 3.32. The van der Waals surface area contributed by atoms with E-state index in [1.807, 2.05) is 0 Å². The van der Waals surface area contributed by atoms with E-state index in [0.29, 0.717) is 17.5 Å². The zero-order chi connectivity index (χ0) is 19.2. The van der Waals surface area contributed by atoms with Crippen molar-refractivity contribution in [2.75, 3.05) is 0 Å². The van der Waals surface area contributed by atoms with E-state index < -0.39 is 11.9 Å². The van der Waals surface area contributed by atoms with Gasteiger partial charge in [-0.15, -0.1) is 0 Å². The lowest BCUT2D eigenvalue weighted by atomic mass is 10.2. The normalized spacial score (nSPS) is 11.7. The van der Waals surface area contributed by atoms with Gasteiger partial charge in [0.05, 0.1) is 23.3 Å². The average molecular weight is 348 g/mol. The maximum Gasteiger partial charge on any atom is 0.335 e. The minimum Gasteiger partial charge on any atom is -0.478 e. The quantitative estimate of drug-likeness (QED) is 0.675. The zero-order valence-electron chi connectivity index (χ0n) is 14.2. The summed E-state index contributed by atoms with van der Waals surface area (Å²) in [5.74, 6) is -1.76. The Kier molecular flexibility index (Phi) is 11.3. The standard InChI is InChI=1S/2C7H6O2.C5H12O2/c2*8-7(9)6-4-2-1-3-5-6;1-4(6)3-5(2)7/h2*1-5H,(H,8,9);4-7H,3H2,1-2H3/t;;4-,5-/m..1/s1. The molecule has 2 aromatic carbocycles. The summed E-state index contributed by atoms with van der Waals surface area (Å²) in [6, 6.07) is 16.6. The molecule has 0 aliphatic rings. The number of carboxylic acids is 2. The number of aliphatic hydroxyl groups is 2. The highest BCUT2D eigenvalue weighted by Crippen LogP contribution is 1.97. The molecule has 0 saturated heterocycles. The van der Waals surface area contributed by atoms with Crippen LogP contribution in [0.4, 0.5) is 0 Å². The van der Waals surface area contributed by atoms with Gasteiger partial charge in [-0.1, -0.05) is 36.4 Å². The maximum atomic E-state index is 10.2. The molecule has 6 nitrogen and oxygen atoms in total. The van der Waals surface area contributed by atoms with Gasteiger partial charge < -0.3 is 20.4 Å². The summed E-state index contributed by atoms with van der Waals surface area (Å²) in [5.41, 5.74) is 0.662. The van der Waals surface area contributed by atoms with Gasteiger partial charge in [0.15, 0.2) is 0 Å². The zero-order valence-corrected chi connectivity index (χ0v) is 14.2. The first-order valence-electron chi connectivity index (χ1n) is 7.66. The van der Waals surface area contributed by atoms with Gasteiger partial charge in [-0.2, -0.15) is 0 Å². The highest BCUT2D eigenvalue weighted by molar-refractivity contribution is 5.87. The summed E-state index contributed by atoms with van der Waals surface area (Å²) in [6.07, 6.45) is -0.278. The number of hydrogen-bond acceptors (Lipinski definition) is 4. The fourth-order valence-corrected chi connectivity index (χ4v) is 1.66. The Morgan fingerprint density at radius 1 is 0.720 bits per heavy atom. The second-order valence-electron chi connectivity index (χ2n) is 5.28. The highest BCUT2D eigenvalue weighted by atomic mass is 16.4. The molecule has 136 valence electrons. The van der Waals surface area contributed by atoms with E-state index in [0.717, 1.165) is 0 Å². The lowest BCUT2D eigenvalue weighted by Gasteiger charge is -2.04. The van der Waals surface area contributed by atoms with E-state index in [4.69, 9.17) is 20.4 Å². The molecule has 0 aliphatic heterocycles. The molecule has 6 heteroatoms. The van der Waals surface area contributed by atoms with Crippen LogP contribution < -0.4 is 0 Å². The third-order valence-corrected chi connectivity index (χ3v) is 2.72. The Labute approximate surface area is 147 Å². The molecule has 0 heterocycles. The molecule has 0 saturated carbocycles. The smallest absolute Gasteiger partial charge is 0.335 e. The van der Waals surface area contributed by atoms with E-state index in [9.17, 15) is 9.59 Å². The minimum atomic E-state index is -0.879. The first-order chi connectivity index (χ1) is 11.7. The molecule has 0 fully saturated rings. The molecule has 0 amide bonds. The van der Waals surface area contributed by atoms with Gasteiger partial charge in [-0.25, -0.2) is 9.59 Å². The summed E-state index contributed by atoms with van der Waals surface area (Å²) >= 11 is 0. The Morgan fingerprint density at radius 2 is 1.00 bits per heavy atom. The van der Waals surface area contributed by atoms with Gasteiger partial charge in [-0.3, -0.25) is 0 Å². The number of rotatable bonds is 4. The number of aliphatic hydroxyl groups excluding tert-OH is 2. The average Bonchev–Trinajstić information content (AvgIpc) is 2.56. The molecule has 0 aliphatic carbocycles. The fraction of sp³-hybridized carbons (Fsp3) is 0.263. The van der Waals surface area contributed by atoms with Crippen molar-refractivity contribution in [3.05, 3.63) is 71.8 Å². The van der Waals surface area contributed by atoms with Crippen molar-refractivity contribution in [2.24, 2.45) is 0 Å². The number of carboxylic acid groups (broad SMARTS) is 2. The van der Waals surface area contributed by atoms with Crippen LogP contribution in [0.2, 0.25) is 0 Å². The van der Waals surface area contributed by atoms with Gasteiger partial charge in [-0.05, 0) is 44.5 Å². The van der Waals surface area contributed by atoms with E-state index in [1.165, 1.54) is 0 Å². The number of hydrogen-bond donors (Lipinski definition) is 4. The molecule has 0 spiro atoms. The van der Waals surface area contributed by atoms with Crippen LogP contribution in [0.1, 0.15) is 41.0 Å². The molecule has 0 aromatic heterocycles. The van der Waals surface area contributed by atoms with Crippen LogP contribution in [-0.2, 0) is 0 Å². The Bertz CT molecular complexity index is 553. The first-order valence-corrected chi connectivity index (χ1v) is 7.66. The highest BCUT2D eigenvalue weighted by Gasteiger charge is 1.99. The molecular weight excluding hydrogens is 324 g/mol. The maximum absolute atomic E-state index is 10.2. The molecular formula is C19H24O6. The van der Waals surface area contributed by atoms with Crippen LogP contribution in [0.3, 0.4) is 0 Å². The fourth-order valence-electron chi connectivity index (χ4n) is 1.66. The van der Waals surface area contributed by atoms with Gasteiger partial charge in [0, 0.05) is 0 Å². The second kappa shape index (κ2) is 12.7. The van der Waals surface area contributed by atoms with Crippen molar-refractivity contribution >= 4 is 11.9 Å². The summed E-state index contributed by atoms with van der Waals surface area (Å²) < 4.78 is 0. The molecule has 4 N–H and O–H groups in total. The SMILES string of the molecule is C[C@@H](O)C[C@@H](C)O.O=C(O)c1ccccc1.O=C(O)c1ccccc1. The number of benzene rings is 2. The predicted molar refractivity (Wildman–Crippen MR) is 94.8 cm³/mol. The molecule has 0 unspecified atom stereocenters. The number of carbonyl (C=O) groups is 2. The van der Waals surface area contributed by atoms with E-state index in [2.05, 4.69) is 0 Å². The van der Waals surface area contributed by atoms with Gasteiger partial charge in [0.1, 0.15) is 0 Å². The van der Waals surface area contributed by atoms with Gasteiger partial charge >= 0.3 is 11.9 Å². The van der Waals surface area contributed by atoms with Crippen LogP contribution in [0.15, 0.2) is 60.7 Å². The van der Waals surface area contributed by atoms with Crippen molar-refractivity contribution in [1.29, 1.82) is 0 Å². The third kappa shape index (κ3) is 12.4. The molecule has 25 heavy (non-hydrogen) atoms. The van der Waals surface area contributed by atoms with Crippen LogP contribution in [-0.4, -0.2) is 44.6 Å². The van der Waals surface area contributed by atoms with Crippen molar-refractivity contribution in [1.82, 2.24) is 0 Å². The minimum absolute atomic E-state index is 0.331. The van der Waals surface area contributed by atoms with E-state index in [1.54, 1.807) is 74.5 Å². The van der Waals surface area contributed by atoms with E-state index in [-0.39, 0.29) is 12.2 Å². The predicted octanol–water partition coefficient (Wildman–Crippen LogP) is 2.91. The molecule has 2 atom stereocenters. The molecule has 2 aromatic rings. The summed E-state index contributed by atoms with van der Waals surface area (Å²) in [7, 11) is 0. The van der Waals surface area contributed by atoms with Crippen molar-refractivity contribution in [2.45, 2.75) is 32.5 Å². The molecule has 0 radical (unpaired) electrons. The lowest BCUT2D eigenvalue weighted by Crippen LogP contribution is -2.10. The van der Waals surface area contributed by atoms with Crippen LogP contribution in [0.25, 0.3) is 0 Å². The summed E-state index contributed by atoms with van der Waals surface area (Å²) in [4.78, 5) is 20.4.